The van der Waals surface area contributed by atoms with Crippen LogP contribution in [0.1, 0.15) is 43.5 Å². The second-order valence-electron chi connectivity index (χ2n) is 8.01. The van der Waals surface area contributed by atoms with Crippen LogP contribution in [0.25, 0.3) is 0 Å². The maximum Gasteiger partial charge on any atom is 0.338 e. The van der Waals surface area contributed by atoms with Gasteiger partial charge < -0.3 is 10.1 Å². The summed E-state index contributed by atoms with van der Waals surface area (Å²) < 4.78 is 32.5. The van der Waals surface area contributed by atoms with Crippen LogP contribution in [0.3, 0.4) is 0 Å². The van der Waals surface area contributed by atoms with Crippen molar-refractivity contribution in [2.75, 3.05) is 11.3 Å². The van der Waals surface area contributed by atoms with E-state index in [-0.39, 0.29) is 29.0 Å². The van der Waals surface area contributed by atoms with Crippen molar-refractivity contribution in [3.63, 3.8) is 0 Å². The molecule has 1 aliphatic rings. The molecule has 1 amide bonds. The number of carbonyl (C=O) groups excluding carboxylic acids is 2. The molecule has 0 unspecified atom stereocenters. The molecule has 8 heteroatoms. The predicted octanol–water partition coefficient (Wildman–Crippen LogP) is 3.59. The van der Waals surface area contributed by atoms with Crippen LogP contribution in [0.5, 0.6) is 0 Å². The number of ether oxygens (including phenoxy) is 1. The van der Waals surface area contributed by atoms with E-state index in [4.69, 9.17) is 4.74 Å². The zero-order valence-corrected chi connectivity index (χ0v) is 18.5. The van der Waals surface area contributed by atoms with Crippen LogP contribution >= 0.6 is 0 Å². The highest BCUT2D eigenvalue weighted by molar-refractivity contribution is 7.92. The summed E-state index contributed by atoms with van der Waals surface area (Å²) in [5, 5.41) is 2.95. The van der Waals surface area contributed by atoms with Crippen molar-refractivity contribution in [2.24, 2.45) is 11.8 Å². The minimum atomic E-state index is -3.77. The monoisotopic (exact) mass is 444 g/mol. The van der Waals surface area contributed by atoms with Crippen molar-refractivity contribution < 1.29 is 22.7 Å². The normalized spacial score (nSPS) is 21.2. The Labute approximate surface area is 183 Å². The van der Waals surface area contributed by atoms with E-state index >= 15 is 0 Å². The van der Waals surface area contributed by atoms with Crippen LogP contribution in [0, 0.1) is 11.8 Å². The average molecular weight is 445 g/mol. The molecule has 1 saturated carbocycles. The number of hydrogen-bond donors (Lipinski definition) is 2. The van der Waals surface area contributed by atoms with Crippen molar-refractivity contribution in [2.45, 2.75) is 44.0 Å². The highest BCUT2D eigenvalue weighted by Crippen LogP contribution is 2.29. The van der Waals surface area contributed by atoms with Gasteiger partial charge in [0, 0.05) is 11.7 Å². The van der Waals surface area contributed by atoms with E-state index in [0.717, 1.165) is 19.3 Å². The number of anilines is 1. The van der Waals surface area contributed by atoms with Crippen LogP contribution in [0.15, 0.2) is 59.5 Å². The molecule has 2 aromatic rings. The minimum Gasteiger partial charge on any atom is -0.452 e. The fraction of sp³-hybridized carbons (Fsp3) is 0.391. The van der Waals surface area contributed by atoms with E-state index in [1.807, 2.05) is 0 Å². The molecular formula is C23H28N2O5S. The second kappa shape index (κ2) is 9.96. The van der Waals surface area contributed by atoms with Gasteiger partial charge in [-0.05, 0) is 54.7 Å². The number of sulfonamides is 1. The van der Waals surface area contributed by atoms with Crippen molar-refractivity contribution in [1.82, 2.24) is 5.32 Å². The summed E-state index contributed by atoms with van der Waals surface area (Å²) in [4.78, 5) is 24.4. The number of nitrogens with one attached hydrogen (secondary N) is 2. The van der Waals surface area contributed by atoms with E-state index in [0.29, 0.717) is 17.5 Å². The summed E-state index contributed by atoms with van der Waals surface area (Å²) in [5.74, 6) is -0.0779. The molecule has 0 heterocycles. The Morgan fingerprint density at radius 1 is 1.00 bits per heavy atom. The van der Waals surface area contributed by atoms with Gasteiger partial charge in [0.15, 0.2) is 6.61 Å². The van der Waals surface area contributed by atoms with Gasteiger partial charge in [-0.1, -0.05) is 44.9 Å². The van der Waals surface area contributed by atoms with Crippen LogP contribution < -0.4 is 10.0 Å². The lowest BCUT2D eigenvalue weighted by atomic mass is 9.78. The molecule has 0 radical (unpaired) electrons. The van der Waals surface area contributed by atoms with E-state index < -0.39 is 16.0 Å². The molecule has 0 aliphatic heterocycles. The van der Waals surface area contributed by atoms with Crippen LogP contribution in [0.4, 0.5) is 5.69 Å². The summed E-state index contributed by atoms with van der Waals surface area (Å²) in [7, 11) is -3.77. The standard InChI is InChI=1S/C23H28N2O5S/c1-16-7-6-10-21(17(16)2)24-22(26)15-30-23(27)18-11-13-20(14-12-18)31(28,29)25-19-8-4-3-5-9-19/h3-5,8-9,11-14,16-17,21,25H,6-7,10,15H2,1-2H3,(H,24,26)/t16-,17+,21+/m1/s1. The molecule has 0 saturated heterocycles. The number of esters is 1. The first kappa shape index (κ1) is 22.8. The summed E-state index contributed by atoms with van der Waals surface area (Å²) >= 11 is 0. The molecule has 0 aromatic heterocycles. The van der Waals surface area contributed by atoms with Gasteiger partial charge in [-0.15, -0.1) is 0 Å². The van der Waals surface area contributed by atoms with E-state index in [9.17, 15) is 18.0 Å². The lowest BCUT2D eigenvalue weighted by molar-refractivity contribution is -0.125. The first-order valence-corrected chi connectivity index (χ1v) is 11.9. The fourth-order valence-corrected chi connectivity index (χ4v) is 4.80. The van der Waals surface area contributed by atoms with Gasteiger partial charge in [0.2, 0.25) is 0 Å². The Morgan fingerprint density at radius 3 is 2.35 bits per heavy atom. The maximum absolute atomic E-state index is 12.5. The van der Waals surface area contributed by atoms with Gasteiger partial charge in [-0.3, -0.25) is 9.52 Å². The molecule has 0 spiro atoms. The van der Waals surface area contributed by atoms with Gasteiger partial charge >= 0.3 is 5.97 Å². The first-order valence-electron chi connectivity index (χ1n) is 10.4. The molecule has 7 nitrogen and oxygen atoms in total. The van der Waals surface area contributed by atoms with Crippen molar-refractivity contribution >= 4 is 27.6 Å². The van der Waals surface area contributed by atoms with Crippen LogP contribution in [0.2, 0.25) is 0 Å². The molecule has 1 fully saturated rings. The number of benzene rings is 2. The van der Waals surface area contributed by atoms with Gasteiger partial charge in [0.05, 0.1) is 10.5 Å². The number of para-hydroxylation sites is 1. The van der Waals surface area contributed by atoms with Gasteiger partial charge in [-0.25, -0.2) is 13.2 Å². The molecule has 2 aromatic carbocycles. The summed E-state index contributed by atoms with van der Waals surface area (Å²) in [5.41, 5.74) is 0.616. The first-order chi connectivity index (χ1) is 14.8. The lowest BCUT2D eigenvalue weighted by Gasteiger charge is -2.34. The molecular weight excluding hydrogens is 416 g/mol. The van der Waals surface area contributed by atoms with Crippen molar-refractivity contribution in [1.29, 1.82) is 0 Å². The summed E-state index contributed by atoms with van der Waals surface area (Å²) in [6.07, 6.45) is 3.16. The molecule has 31 heavy (non-hydrogen) atoms. The zero-order valence-electron chi connectivity index (χ0n) is 17.7. The predicted molar refractivity (Wildman–Crippen MR) is 118 cm³/mol. The minimum absolute atomic E-state index is 0.0195. The summed E-state index contributed by atoms with van der Waals surface area (Å²) in [6.45, 7) is 3.94. The third-order valence-electron chi connectivity index (χ3n) is 5.81. The molecule has 166 valence electrons. The largest absolute Gasteiger partial charge is 0.452 e. The number of carbonyl (C=O) groups is 2. The highest BCUT2D eigenvalue weighted by atomic mass is 32.2. The number of amides is 1. The van der Waals surface area contributed by atoms with Gasteiger partial charge in [-0.2, -0.15) is 0 Å². The summed E-state index contributed by atoms with van der Waals surface area (Å²) in [6, 6.07) is 14.0. The smallest absolute Gasteiger partial charge is 0.338 e. The molecule has 0 bridgehead atoms. The van der Waals surface area contributed by atoms with Crippen LogP contribution in [-0.4, -0.2) is 32.9 Å². The SMILES string of the molecule is C[C@H]1[C@H](C)CCC[C@@H]1NC(=O)COC(=O)c1ccc(S(=O)(=O)Nc2ccccc2)cc1. The Kier molecular flexibility index (Phi) is 7.33. The Balaban J connectivity index is 1.53. The van der Waals surface area contributed by atoms with E-state index in [1.165, 1.54) is 24.3 Å². The molecule has 3 atom stereocenters. The van der Waals surface area contributed by atoms with Gasteiger partial charge in [0.1, 0.15) is 0 Å². The van der Waals surface area contributed by atoms with Crippen molar-refractivity contribution in [3.05, 3.63) is 60.2 Å². The van der Waals surface area contributed by atoms with Gasteiger partial charge in [0.25, 0.3) is 15.9 Å². The number of hydrogen-bond acceptors (Lipinski definition) is 5. The Morgan fingerprint density at radius 2 is 1.68 bits per heavy atom. The Bertz CT molecular complexity index is 1010. The van der Waals surface area contributed by atoms with Crippen LogP contribution in [-0.2, 0) is 19.6 Å². The van der Waals surface area contributed by atoms with E-state index in [1.54, 1.807) is 30.3 Å². The topological polar surface area (TPSA) is 102 Å². The third-order valence-corrected chi connectivity index (χ3v) is 7.21. The molecule has 3 rings (SSSR count). The molecule has 1 aliphatic carbocycles. The third kappa shape index (κ3) is 6.07. The van der Waals surface area contributed by atoms with Crippen molar-refractivity contribution in [3.8, 4) is 0 Å². The second-order valence-corrected chi connectivity index (χ2v) is 9.70. The fourth-order valence-electron chi connectivity index (χ4n) is 3.74. The highest BCUT2D eigenvalue weighted by Gasteiger charge is 2.28. The number of rotatable bonds is 7. The molecule has 2 N–H and O–H groups in total. The maximum atomic E-state index is 12.5. The lowest BCUT2D eigenvalue weighted by Crippen LogP contribution is -2.45. The quantitative estimate of drug-likeness (QED) is 0.636. The Hall–Kier alpha value is -2.87. The average Bonchev–Trinajstić information content (AvgIpc) is 2.76. The van der Waals surface area contributed by atoms with E-state index in [2.05, 4.69) is 23.9 Å². The zero-order chi connectivity index (χ0) is 22.4.